The van der Waals surface area contributed by atoms with Gasteiger partial charge < -0.3 is 15.2 Å². The molecule has 0 saturated carbocycles. The summed E-state index contributed by atoms with van der Waals surface area (Å²) in [5.41, 5.74) is -0.443. The molecule has 0 spiro atoms. The zero-order valence-corrected chi connectivity index (χ0v) is 10.6. The van der Waals surface area contributed by atoms with Gasteiger partial charge in [-0.2, -0.15) is 0 Å². The lowest BCUT2D eigenvalue weighted by molar-refractivity contribution is 0.0526. The van der Waals surface area contributed by atoms with Gasteiger partial charge in [0.05, 0.1) is 0 Å². The first-order valence-corrected chi connectivity index (χ1v) is 5.53. The molecule has 0 aliphatic carbocycles. The first-order chi connectivity index (χ1) is 6.95. The number of aliphatic hydroxyl groups is 1. The van der Waals surface area contributed by atoms with Gasteiger partial charge in [0.2, 0.25) is 0 Å². The van der Waals surface area contributed by atoms with Crippen LogP contribution in [0.1, 0.15) is 47.5 Å². The Bertz CT molecular complexity index is 152. The number of hydrogen-bond donors (Lipinski definition) is 2. The van der Waals surface area contributed by atoms with Crippen molar-refractivity contribution in [3.05, 3.63) is 0 Å². The second-order valence-corrected chi connectivity index (χ2v) is 3.86. The lowest BCUT2D eigenvalue weighted by Gasteiger charge is -2.19. The molecule has 0 rings (SSSR count). The van der Waals surface area contributed by atoms with Crippen LogP contribution in [0.4, 0.5) is 4.79 Å². The second kappa shape index (κ2) is 9.77. The van der Waals surface area contributed by atoms with Gasteiger partial charge in [0.1, 0.15) is 5.60 Å². The number of carbonyl (C=O) groups excluding carboxylic acids is 1. The monoisotopic (exact) mass is 219 g/mol. The summed E-state index contributed by atoms with van der Waals surface area (Å²) in [5.74, 6) is 0. The number of carbonyl (C=O) groups is 1. The van der Waals surface area contributed by atoms with Gasteiger partial charge in [0.25, 0.3) is 0 Å². The largest absolute Gasteiger partial charge is 0.444 e. The summed E-state index contributed by atoms with van der Waals surface area (Å²) in [7, 11) is 0. The van der Waals surface area contributed by atoms with Crippen molar-refractivity contribution in [1.82, 2.24) is 5.32 Å². The molecule has 2 N–H and O–H groups in total. The Hall–Kier alpha value is -0.770. The molecule has 4 heteroatoms. The van der Waals surface area contributed by atoms with Crippen molar-refractivity contribution in [3.63, 3.8) is 0 Å². The van der Waals surface area contributed by atoms with Gasteiger partial charge in [-0.1, -0.05) is 13.8 Å². The molecule has 0 aromatic carbocycles. The lowest BCUT2D eigenvalue weighted by Crippen LogP contribution is -2.33. The minimum Gasteiger partial charge on any atom is -0.444 e. The number of rotatable bonds is 4. The van der Waals surface area contributed by atoms with Gasteiger partial charge >= 0.3 is 6.09 Å². The molecule has 4 nitrogen and oxygen atoms in total. The van der Waals surface area contributed by atoms with Crippen molar-refractivity contribution in [2.45, 2.75) is 53.1 Å². The number of unbranched alkanes of at least 4 members (excludes halogenated alkanes) is 1. The molecule has 0 aromatic rings. The van der Waals surface area contributed by atoms with E-state index in [9.17, 15) is 4.79 Å². The van der Waals surface area contributed by atoms with Crippen LogP contribution >= 0.6 is 0 Å². The molecule has 0 atom stereocenters. The number of hydrogen-bond acceptors (Lipinski definition) is 3. The lowest BCUT2D eigenvalue weighted by atomic mass is 10.2. The highest BCUT2D eigenvalue weighted by molar-refractivity contribution is 5.67. The minimum absolute atomic E-state index is 0.163. The third kappa shape index (κ3) is 15.9. The number of nitrogens with one attached hydrogen (secondary N) is 1. The van der Waals surface area contributed by atoms with E-state index in [-0.39, 0.29) is 6.61 Å². The molecule has 0 aliphatic heterocycles. The van der Waals surface area contributed by atoms with Crippen LogP contribution in [-0.4, -0.2) is 30.0 Å². The topological polar surface area (TPSA) is 58.6 Å². The third-order valence-electron chi connectivity index (χ3n) is 1.25. The Labute approximate surface area is 93.0 Å². The zero-order valence-electron chi connectivity index (χ0n) is 10.6. The fourth-order valence-electron chi connectivity index (χ4n) is 0.741. The molecular weight excluding hydrogens is 194 g/mol. The highest BCUT2D eigenvalue weighted by atomic mass is 16.6. The summed E-state index contributed by atoms with van der Waals surface area (Å²) in [6, 6.07) is 0. The molecule has 0 fully saturated rings. The highest BCUT2D eigenvalue weighted by Gasteiger charge is 2.15. The van der Waals surface area contributed by atoms with Crippen molar-refractivity contribution in [3.8, 4) is 0 Å². The van der Waals surface area contributed by atoms with E-state index >= 15 is 0 Å². The normalized spacial score (nSPS) is 10.0. The molecule has 15 heavy (non-hydrogen) atoms. The van der Waals surface area contributed by atoms with Crippen molar-refractivity contribution in [1.29, 1.82) is 0 Å². The maximum Gasteiger partial charge on any atom is 0.407 e. The Morgan fingerprint density at radius 2 is 1.80 bits per heavy atom. The molecular formula is C11H25NO3. The summed E-state index contributed by atoms with van der Waals surface area (Å²) in [6.45, 7) is 10.2. The SMILES string of the molecule is CC.CC(C)(C)OC(=O)NCCCCO. The Morgan fingerprint density at radius 3 is 2.20 bits per heavy atom. The first kappa shape index (κ1) is 16.7. The molecule has 1 amide bonds. The van der Waals surface area contributed by atoms with Crippen LogP contribution in [0.25, 0.3) is 0 Å². The van der Waals surface area contributed by atoms with Crippen molar-refractivity contribution in [2.75, 3.05) is 13.2 Å². The Kier molecular flexibility index (Phi) is 10.8. The summed E-state index contributed by atoms with van der Waals surface area (Å²) >= 11 is 0. The van der Waals surface area contributed by atoms with Gasteiger partial charge in [0.15, 0.2) is 0 Å². The number of ether oxygens (including phenoxy) is 1. The number of alkyl carbamates (subject to hydrolysis) is 1. The number of amides is 1. The molecule has 0 aliphatic rings. The van der Waals surface area contributed by atoms with Crippen molar-refractivity contribution in [2.24, 2.45) is 0 Å². The average Bonchev–Trinajstić information content (AvgIpc) is 2.13. The fourth-order valence-corrected chi connectivity index (χ4v) is 0.741. The summed E-state index contributed by atoms with van der Waals surface area (Å²) in [6.07, 6.45) is 1.08. The van der Waals surface area contributed by atoms with Crippen LogP contribution in [0.15, 0.2) is 0 Å². The van der Waals surface area contributed by atoms with E-state index in [0.29, 0.717) is 13.0 Å². The van der Waals surface area contributed by atoms with E-state index in [2.05, 4.69) is 5.32 Å². The van der Waals surface area contributed by atoms with Crippen LogP contribution in [0, 0.1) is 0 Å². The standard InChI is InChI=1S/C9H19NO3.C2H6/c1-9(2,3)13-8(12)10-6-4-5-7-11;1-2/h11H,4-7H2,1-3H3,(H,10,12);1-2H3. The molecule has 0 bridgehead atoms. The Morgan fingerprint density at radius 1 is 1.27 bits per heavy atom. The predicted molar refractivity (Wildman–Crippen MR) is 61.9 cm³/mol. The third-order valence-corrected chi connectivity index (χ3v) is 1.25. The van der Waals surface area contributed by atoms with E-state index in [4.69, 9.17) is 9.84 Å². The minimum atomic E-state index is -0.443. The molecule has 0 unspecified atom stereocenters. The van der Waals surface area contributed by atoms with Gasteiger partial charge in [0, 0.05) is 13.2 Å². The second-order valence-electron chi connectivity index (χ2n) is 3.86. The molecule has 0 aromatic heterocycles. The first-order valence-electron chi connectivity index (χ1n) is 5.53. The van der Waals surface area contributed by atoms with E-state index < -0.39 is 11.7 Å². The van der Waals surface area contributed by atoms with Crippen LogP contribution in [0.2, 0.25) is 0 Å². The zero-order chi connectivity index (χ0) is 12.3. The van der Waals surface area contributed by atoms with E-state index in [1.54, 1.807) is 0 Å². The van der Waals surface area contributed by atoms with Crippen LogP contribution < -0.4 is 5.32 Å². The Balaban J connectivity index is 0. The van der Waals surface area contributed by atoms with Crippen molar-refractivity contribution < 1.29 is 14.6 Å². The quantitative estimate of drug-likeness (QED) is 0.713. The average molecular weight is 219 g/mol. The van der Waals surface area contributed by atoms with Crippen molar-refractivity contribution >= 4 is 6.09 Å². The molecule has 0 radical (unpaired) electrons. The smallest absolute Gasteiger partial charge is 0.407 e. The molecule has 0 saturated heterocycles. The van der Waals surface area contributed by atoms with Crippen LogP contribution in [-0.2, 0) is 4.74 Å². The summed E-state index contributed by atoms with van der Waals surface area (Å²) in [5, 5.41) is 11.1. The van der Waals surface area contributed by atoms with E-state index in [0.717, 1.165) is 6.42 Å². The maximum absolute atomic E-state index is 11.0. The summed E-state index contributed by atoms with van der Waals surface area (Å²) < 4.78 is 5.01. The van der Waals surface area contributed by atoms with Gasteiger partial charge in [-0.15, -0.1) is 0 Å². The highest BCUT2D eigenvalue weighted by Crippen LogP contribution is 2.06. The fraction of sp³-hybridized carbons (Fsp3) is 0.909. The van der Waals surface area contributed by atoms with Crippen LogP contribution in [0.5, 0.6) is 0 Å². The van der Waals surface area contributed by atoms with Gasteiger partial charge in [-0.05, 0) is 33.6 Å². The molecule has 92 valence electrons. The van der Waals surface area contributed by atoms with E-state index in [1.165, 1.54) is 0 Å². The summed E-state index contributed by atoms with van der Waals surface area (Å²) in [4.78, 5) is 11.0. The predicted octanol–water partition coefficient (Wildman–Crippen LogP) is 2.31. The maximum atomic E-state index is 11.0. The number of aliphatic hydroxyl groups excluding tert-OH is 1. The van der Waals surface area contributed by atoms with Gasteiger partial charge in [-0.25, -0.2) is 4.79 Å². The van der Waals surface area contributed by atoms with Gasteiger partial charge in [-0.3, -0.25) is 0 Å². The van der Waals surface area contributed by atoms with Crippen LogP contribution in [0.3, 0.4) is 0 Å². The van der Waals surface area contributed by atoms with E-state index in [1.807, 2.05) is 34.6 Å². The molecule has 0 heterocycles.